The van der Waals surface area contributed by atoms with E-state index in [2.05, 4.69) is 49.6 Å². The average Bonchev–Trinajstić information content (AvgIpc) is 3.41. The zero-order valence-corrected chi connectivity index (χ0v) is 23.5. The first-order valence-electron chi connectivity index (χ1n) is 13.3. The molecule has 2 N–H and O–H groups in total. The maximum Gasteiger partial charge on any atom is 0.257 e. The standard InChI is InChI=1S/C29H31ClN8O2/c1-18-8-10-31-26(30)25(18)34-28(39)21-9-11-38-23(21)7-4-19-17-32-29(35-27(19)38)33-22-6-5-20(16-24(22)40-3)37-14-12-36(2)13-15-37/h5-6,8-11,16-17H,4,7,12-15H2,1-3H3,(H,34,39)(H,32,33,35). The van der Waals surface area contributed by atoms with Gasteiger partial charge in [0.1, 0.15) is 11.6 Å². The number of hydrogen-bond donors (Lipinski definition) is 2. The van der Waals surface area contributed by atoms with Crippen molar-refractivity contribution in [2.45, 2.75) is 19.8 Å². The number of aromatic nitrogens is 4. The van der Waals surface area contributed by atoms with E-state index in [9.17, 15) is 4.79 Å². The van der Waals surface area contributed by atoms with Gasteiger partial charge in [0.15, 0.2) is 5.15 Å². The first-order chi connectivity index (χ1) is 19.4. The molecule has 5 heterocycles. The molecule has 11 heteroatoms. The van der Waals surface area contributed by atoms with E-state index < -0.39 is 0 Å². The number of halogens is 1. The van der Waals surface area contributed by atoms with Crippen molar-refractivity contribution in [1.82, 2.24) is 24.4 Å². The number of carbonyl (C=O) groups excluding carboxylic acids is 1. The molecular weight excluding hydrogens is 528 g/mol. The van der Waals surface area contributed by atoms with Crippen LogP contribution < -0.4 is 20.3 Å². The van der Waals surface area contributed by atoms with Gasteiger partial charge in [0, 0.05) is 67.8 Å². The van der Waals surface area contributed by atoms with Gasteiger partial charge >= 0.3 is 0 Å². The monoisotopic (exact) mass is 558 g/mol. The normalized spacial score (nSPS) is 14.8. The number of hydrogen-bond acceptors (Lipinski definition) is 8. The largest absolute Gasteiger partial charge is 0.494 e. The van der Waals surface area contributed by atoms with Crippen LogP contribution in [0, 0.1) is 6.92 Å². The molecule has 40 heavy (non-hydrogen) atoms. The fourth-order valence-electron chi connectivity index (χ4n) is 5.24. The topological polar surface area (TPSA) is 100 Å². The summed E-state index contributed by atoms with van der Waals surface area (Å²) in [6, 6.07) is 9.78. The summed E-state index contributed by atoms with van der Waals surface area (Å²) in [7, 11) is 3.82. The van der Waals surface area contributed by atoms with Gasteiger partial charge in [0.05, 0.1) is 24.0 Å². The predicted molar refractivity (Wildman–Crippen MR) is 157 cm³/mol. The lowest BCUT2D eigenvalue weighted by Gasteiger charge is -2.34. The summed E-state index contributed by atoms with van der Waals surface area (Å²) in [5.41, 5.74) is 5.78. The van der Waals surface area contributed by atoms with Crippen LogP contribution in [0.5, 0.6) is 5.75 Å². The molecule has 1 aromatic carbocycles. The molecule has 0 aliphatic carbocycles. The van der Waals surface area contributed by atoms with Gasteiger partial charge in [-0.2, -0.15) is 4.98 Å². The van der Waals surface area contributed by atoms with Crippen molar-refractivity contribution >= 4 is 40.5 Å². The summed E-state index contributed by atoms with van der Waals surface area (Å²) in [5, 5.41) is 6.52. The number of piperazine rings is 1. The van der Waals surface area contributed by atoms with Crippen LogP contribution in [0.4, 0.5) is 23.0 Å². The fourth-order valence-corrected chi connectivity index (χ4v) is 5.50. The Labute approximate surface area is 238 Å². The lowest BCUT2D eigenvalue weighted by molar-refractivity contribution is 0.102. The van der Waals surface area contributed by atoms with E-state index in [4.69, 9.17) is 21.3 Å². The maximum atomic E-state index is 13.2. The number of amides is 1. The van der Waals surface area contributed by atoms with Crippen LogP contribution in [0.3, 0.4) is 0 Å². The number of benzene rings is 1. The van der Waals surface area contributed by atoms with Gasteiger partial charge < -0.3 is 29.7 Å². The Hall–Kier alpha value is -4.15. The van der Waals surface area contributed by atoms with Crippen molar-refractivity contribution in [1.29, 1.82) is 0 Å². The quantitative estimate of drug-likeness (QED) is 0.334. The van der Waals surface area contributed by atoms with Crippen LogP contribution in [0.15, 0.2) is 48.9 Å². The Balaban J connectivity index is 1.24. The molecule has 206 valence electrons. The summed E-state index contributed by atoms with van der Waals surface area (Å²) >= 11 is 6.24. The van der Waals surface area contributed by atoms with Gasteiger partial charge in [-0.05, 0) is 56.6 Å². The van der Waals surface area contributed by atoms with Gasteiger partial charge in [-0.1, -0.05) is 11.6 Å². The van der Waals surface area contributed by atoms with E-state index in [1.807, 2.05) is 42.1 Å². The zero-order valence-electron chi connectivity index (χ0n) is 22.7. The van der Waals surface area contributed by atoms with E-state index in [1.54, 1.807) is 13.3 Å². The summed E-state index contributed by atoms with van der Waals surface area (Å²) in [6.07, 6.45) is 6.77. The molecule has 1 amide bonds. The molecule has 0 bridgehead atoms. The number of nitrogens with one attached hydrogen (secondary N) is 2. The zero-order chi connectivity index (χ0) is 27.8. The lowest BCUT2D eigenvalue weighted by Crippen LogP contribution is -2.44. The molecule has 2 aliphatic heterocycles. The van der Waals surface area contributed by atoms with Crippen LogP contribution in [0.2, 0.25) is 5.15 Å². The Morgan fingerprint density at radius 1 is 1.07 bits per heavy atom. The van der Waals surface area contributed by atoms with Crippen molar-refractivity contribution in [3.05, 3.63) is 76.5 Å². The highest BCUT2D eigenvalue weighted by atomic mass is 35.5. The molecule has 3 aromatic heterocycles. The molecule has 0 spiro atoms. The van der Waals surface area contributed by atoms with Crippen LogP contribution in [-0.4, -0.2) is 70.7 Å². The van der Waals surface area contributed by atoms with Crippen LogP contribution in [-0.2, 0) is 12.8 Å². The number of likely N-dealkylation sites (N-methyl/N-ethyl adjacent to an activating group) is 1. The van der Waals surface area contributed by atoms with Gasteiger partial charge in [0.25, 0.3) is 5.91 Å². The number of nitrogens with zero attached hydrogens (tertiary/aromatic N) is 6. The minimum Gasteiger partial charge on any atom is -0.494 e. The number of rotatable bonds is 6. The second kappa shape index (κ2) is 10.8. The molecule has 0 saturated carbocycles. The van der Waals surface area contributed by atoms with Crippen molar-refractivity contribution < 1.29 is 9.53 Å². The highest BCUT2D eigenvalue weighted by molar-refractivity contribution is 6.32. The number of anilines is 4. The maximum absolute atomic E-state index is 13.2. The van der Waals surface area contributed by atoms with E-state index in [1.165, 1.54) is 0 Å². The number of ether oxygens (including phenoxy) is 1. The summed E-state index contributed by atoms with van der Waals surface area (Å²) < 4.78 is 7.68. The van der Waals surface area contributed by atoms with Crippen LogP contribution in [0.25, 0.3) is 5.82 Å². The number of fused-ring (bicyclic) bond motifs is 3. The number of aryl methyl sites for hydroxylation is 2. The SMILES string of the molecule is COc1cc(N2CCN(C)CC2)ccc1Nc1ncc2c(n1)-n1ccc(C(=O)Nc3c(C)ccnc3Cl)c1CC2. The van der Waals surface area contributed by atoms with E-state index in [0.717, 1.165) is 72.4 Å². The van der Waals surface area contributed by atoms with Gasteiger partial charge in [-0.15, -0.1) is 0 Å². The van der Waals surface area contributed by atoms with Crippen molar-refractivity contribution in [3.63, 3.8) is 0 Å². The first-order valence-corrected chi connectivity index (χ1v) is 13.7. The second-order valence-electron chi connectivity index (χ2n) is 10.1. The smallest absolute Gasteiger partial charge is 0.257 e. The van der Waals surface area contributed by atoms with E-state index in [0.29, 0.717) is 23.6 Å². The van der Waals surface area contributed by atoms with Gasteiger partial charge in [-0.25, -0.2) is 9.97 Å². The van der Waals surface area contributed by atoms with Gasteiger partial charge in [0.2, 0.25) is 5.95 Å². The summed E-state index contributed by atoms with van der Waals surface area (Å²) in [6.45, 7) is 5.91. The minimum absolute atomic E-state index is 0.229. The van der Waals surface area contributed by atoms with E-state index in [-0.39, 0.29) is 11.1 Å². The van der Waals surface area contributed by atoms with Gasteiger partial charge in [-0.3, -0.25) is 4.79 Å². The molecule has 4 aromatic rings. The first kappa shape index (κ1) is 26.1. The van der Waals surface area contributed by atoms with E-state index >= 15 is 0 Å². The van der Waals surface area contributed by atoms with Crippen LogP contribution in [0.1, 0.15) is 27.2 Å². The number of pyridine rings is 1. The van der Waals surface area contributed by atoms with Crippen molar-refractivity contribution in [2.75, 3.05) is 55.9 Å². The highest BCUT2D eigenvalue weighted by Gasteiger charge is 2.25. The molecule has 1 fully saturated rings. The molecule has 1 saturated heterocycles. The minimum atomic E-state index is -0.229. The molecule has 6 rings (SSSR count). The summed E-state index contributed by atoms with van der Waals surface area (Å²) in [5.74, 6) is 1.70. The molecule has 0 radical (unpaired) electrons. The Bertz CT molecular complexity index is 1560. The third kappa shape index (κ3) is 4.96. The fraction of sp³-hybridized carbons (Fsp3) is 0.310. The van der Waals surface area contributed by atoms with Crippen molar-refractivity contribution in [2.24, 2.45) is 0 Å². The second-order valence-corrected chi connectivity index (χ2v) is 10.5. The van der Waals surface area contributed by atoms with Crippen molar-refractivity contribution in [3.8, 4) is 11.6 Å². The molecule has 10 nitrogen and oxygen atoms in total. The Morgan fingerprint density at radius 2 is 1.90 bits per heavy atom. The lowest BCUT2D eigenvalue weighted by atomic mass is 10.0. The number of methoxy groups -OCH3 is 1. The summed E-state index contributed by atoms with van der Waals surface area (Å²) in [4.78, 5) is 31.4. The average molecular weight is 559 g/mol. The molecular formula is C29H31ClN8O2. The molecule has 0 atom stereocenters. The molecule has 0 unspecified atom stereocenters. The molecule has 2 aliphatic rings. The third-order valence-corrected chi connectivity index (χ3v) is 7.88. The Kier molecular flexibility index (Phi) is 7.03. The predicted octanol–water partition coefficient (Wildman–Crippen LogP) is 4.48. The number of carbonyl (C=O) groups is 1. The Morgan fingerprint density at radius 3 is 2.67 bits per heavy atom. The van der Waals surface area contributed by atoms with Crippen LogP contribution >= 0.6 is 11.6 Å². The third-order valence-electron chi connectivity index (χ3n) is 7.59. The highest BCUT2D eigenvalue weighted by Crippen LogP contribution is 2.33.